The van der Waals surface area contributed by atoms with Gasteiger partial charge in [-0.05, 0) is 36.0 Å². The van der Waals surface area contributed by atoms with Gasteiger partial charge in [-0.15, -0.1) is 0 Å². The van der Waals surface area contributed by atoms with Crippen LogP contribution >= 0.6 is 0 Å². The summed E-state index contributed by atoms with van der Waals surface area (Å²) in [4.78, 5) is 0.311. The molecule has 1 saturated heterocycles. The lowest BCUT2D eigenvalue weighted by atomic mass is 9.87. The molecule has 1 heterocycles. The summed E-state index contributed by atoms with van der Waals surface area (Å²) in [6.45, 7) is 6.67. The third kappa shape index (κ3) is 2.90. The summed E-state index contributed by atoms with van der Waals surface area (Å²) in [7, 11) is -3.49. The van der Waals surface area contributed by atoms with Gasteiger partial charge in [0.25, 0.3) is 0 Å². The predicted octanol–water partition coefficient (Wildman–Crippen LogP) is 2.13. The van der Waals surface area contributed by atoms with Gasteiger partial charge in [-0.25, -0.2) is 8.42 Å². The van der Waals surface area contributed by atoms with Gasteiger partial charge >= 0.3 is 0 Å². The van der Waals surface area contributed by atoms with Gasteiger partial charge in [-0.1, -0.05) is 32.9 Å². The molecule has 0 saturated carbocycles. The van der Waals surface area contributed by atoms with Gasteiger partial charge in [0.2, 0.25) is 10.0 Å². The van der Waals surface area contributed by atoms with Crippen molar-refractivity contribution >= 4 is 10.0 Å². The number of aliphatic hydroxyl groups excluding tert-OH is 1. The zero-order valence-corrected chi connectivity index (χ0v) is 13.2. The highest BCUT2D eigenvalue weighted by molar-refractivity contribution is 7.89. The third-order valence-corrected chi connectivity index (χ3v) is 5.83. The number of nitrogens with zero attached hydrogens (tertiary/aromatic N) is 1. The Bertz CT molecular complexity index is 558. The lowest BCUT2D eigenvalue weighted by molar-refractivity contribution is 0.213. The number of hydrogen-bond donors (Lipinski definition) is 1. The Labute approximate surface area is 121 Å². The summed E-state index contributed by atoms with van der Waals surface area (Å²) in [6, 6.07) is 6.81. The highest BCUT2D eigenvalue weighted by Gasteiger charge is 2.34. The highest BCUT2D eigenvalue weighted by atomic mass is 32.2. The van der Waals surface area contributed by atoms with E-state index in [4.69, 9.17) is 0 Å². The molecular weight excluding hydrogens is 274 g/mol. The Morgan fingerprint density at radius 2 is 1.85 bits per heavy atom. The summed E-state index contributed by atoms with van der Waals surface area (Å²) < 4.78 is 26.6. The quantitative estimate of drug-likeness (QED) is 0.930. The second kappa shape index (κ2) is 5.47. The normalized spacial score (nSPS) is 21.3. The molecule has 20 heavy (non-hydrogen) atoms. The van der Waals surface area contributed by atoms with Crippen molar-refractivity contribution in [3.63, 3.8) is 0 Å². The molecule has 4 nitrogen and oxygen atoms in total. The second-order valence-electron chi connectivity index (χ2n) is 6.37. The van der Waals surface area contributed by atoms with E-state index in [2.05, 4.69) is 20.8 Å². The Kier molecular flexibility index (Phi) is 4.23. The van der Waals surface area contributed by atoms with Crippen LogP contribution in [0.5, 0.6) is 0 Å². The van der Waals surface area contributed by atoms with E-state index in [1.54, 1.807) is 12.1 Å². The van der Waals surface area contributed by atoms with E-state index in [1.807, 2.05) is 12.1 Å². The first-order chi connectivity index (χ1) is 9.26. The molecule has 0 unspecified atom stereocenters. The molecule has 1 aliphatic heterocycles. The van der Waals surface area contributed by atoms with E-state index in [-0.39, 0.29) is 18.1 Å². The van der Waals surface area contributed by atoms with Crippen LogP contribution in [0.1, 0.15) is 39.2 Å². The monoisotopic (exact) mass is 297 g/mol. The van der Waals surface area contributed by atoms with Gasteiger partial charge < -0.3 is 5.11 Å². The minimum Gasteiger partial charge on any atom is -0.395 e. The average molecular weight is 297 g/mol. The molecule has 5 heteroatoms. The van der Waals surface area contributed by atoms with Crippen LogP contribution in [0.15, 0.2) is 29.2 Å². The number of aliphatic hydroxyl groups is 1. The Hall–Kier alpha value is -0.910. The lowest BCUT2D eigenvalue weighted by Gasteiger charge is -2.23. The van der Waals surface area contributed by atoms with Crippen LogP contribution in [0.25, 0.3) is 0 Å². The first-order valence-corrected chi connectivity index (χ1v) is 8.44. The molecule has 1 N–H and O–H groups in total. The van der Waals surface area contributed by atoms with Gasteiger partial charge in [0, 0.05) is 12.6 Å². The van der Waals surface area contributed by atoms with Crippen molar-refractivity contribution in [1.29, 1.82) is 0 Å². The van der Waals surface area contributed by atoms with E-state index in [0.29, 0.717) is 11.4 Å². The number of rotatable bonds is 3. The molecule has 112 valence electrons. The second-order valence-corrected chi connectivity index (χ2v) is 8.26. The predicted molar refractivity (Wildman–Crippen MR) is 79.1 cm³/mol. The average Bonchev–Trinajstić information content (AvgIpc) is 2.87. The number of hydrogen-bond acceptors (Lipinski definition) is 3. The third-order valence-electron chi connectivity index (χ3n) is 3.86. The molecule has 1 aromatic rings. The first-order valence-electron chi connectivity index (χ1n) is 7.00. The summed E-state index contributed by atoms with van der Waals surface area (Å²) in [6.07, 6.45) is 1.54. The topological polar surface area (TPSA) is 57.6 Å². The maximum Gasteiger partial charge on any atom is 0.243 e. The molecule has 0 bridgehead atoms. The van der Waals surface area contributed by atoms with Crippen LogP contribution in [-0.2, 0) is 15.4 Å². The highest BCUT2D eigenvalue weighted by Crippen LogP contribution is 2.28. The van der Waals surface area contributed by atoms with Crippen LogP contribution in [0.3, 0.4) is 0 Å². The molecule has 1 atom stereocenters. The van der Waals surface area contributed by atoms with Gasteiger partial charge in [-0.3, -0.25) is 0 Å². The fourth-order valence-electron chi connectivity index (χ4n) is 2.57. The Morgan fingerprint density at radius 3 is 2.35 bits per heavy atom. The van der Waals surface area contributed by atoms with E-state index in [1.165, 1.54) is 4.31 Å². The molecule has 2 rings (SSSR count). The molecule has 0 aliphatic carbocycles. The van der Waals surface area contributed by atoms with E-state index in [0.717, 1.165) is 18.4 Å². The van der Waals surface area contributed by atoms with Gasteiger partial charge in [-0.2, -0.15) is 4.31 Å². The van der Waals surface area contributed by atoms with Crippen LogP contribution in [0.4, 0.5) is 0 Å². The summed E-state index contributed by atoms with van der Waals surface area (Å²) >= 11 is 0. The molecule has 0 radical (unpaired) electrons. The maximum absolute atomic E-state index is 12.6. The van der Waals surface area contributed by atoms with Crippen molar-refractivity contribution in [3.05, 3.63) is 29.8 Å². The van der Waals surface area contributed by atoms with Crippen molar-refractivity contribution in [2.45, 2.75) is 50.0 Å². The minimum atomic E-state index is -3.49. The molecule has 0 aromatic heterocycles. The Morgan fingerprint density at radius 1 is 1.25 bits per heavy atom. The minimum absolute atomic E-state index is 0.00354. The molecule has 0 amide bonds. The zero-order chi connectivity index (χ0) is 15.0. The van der Waals surface area contributed by atoms with Crippen LogP contribution in [-0.4, -0.2) is 37.0 Å². The van der Waals surface area contributed by atoms with Crippen molar-refractivity contribution in [3.8, 4) is 0 Å². The van der Waals surface area contributed by atoms with Crippen molar-refractivity contribution in [2.24, 2.45) is 0 Å². The Balaban J connectivity index is 2.31. The molecule has 1 aliphatic rings. The smallest absolute Gasteiger partial charge is 0.243 e. The standard InChI is InChI=1S/C15H23NO3S/c1-15(2,3)12-6-8-14(9-7-12)20(18,19)16-10-4-5-13(16)11-17/h6-9,13,17H,4-5,10-11H2,1-3H3/t13-/m1/s1. The first kappa shape index (κ1) is 15.5. The van der Waals surface area contributed by atoms with Gasteiger partial charge in [0.05, 0.1) is 11.5 Å². The molecular formula is C15H23NO3S. The maximum atomic E-state index is 12.6. The fourth-order valence-corrected chi connectivity index (χ4v) is 4.26. The number of benzene rings is 1. The number of sulfonamides is 1. The van der Waals surface area contributed by atoms with Crippen molar-refractivity contribution in [2.75, 3.05) is 13.2 Å². The lowest BCUT2D eigenvalue weighted by Crippen LogP contribution is -2.37. The summed E-state index contributed by atoms with van der Waals surface area (Å²) in [5.74, 6) is 0. The van der Waals surface area contributed by atoms with Crippen molar-refractivity contribution in [1.82, 2.24) is 4.31 Å². The van der Waals surface area contributed by atoms with Crippen molar-refractivity contribution < 1.29 is 13.5 Å². The largest absolute Gasteiger partial charge is 0.395 e. The fraction of sp³-hybridized carbons (Fsp3) is 0.600. The zero-order valence-electron chi connectivity index (χ0n) is 12.3. The molecule has 0 spiro atoms. The van der Waals surface area contributed by atoms with E-state index < -0.39 is 10.0 Å². The van der Waals surface area contributed by atoms with E-state index in [9.17, 15) is 13.5 Å². The summed E-state index contributed by atoms with van der Waals surface area (Å²) in [5.41, 5.74) is 1.11. The van der Waals surface area contributed by atoms with Crippen LogP contribution < -0.4 is 0 Å². The molecule has 1 aromatic carbocycles. The van der Waals surface area contributed by atoms with E-state index >= 15 is 0 Å². The van der Waals surface area contributed by atoms with Crippen LogP contribution in [0.2, 0.25) is 0 Å². The van der Waals surface area contributed by atoms with Gasteiger partial charge in [0.1, 0.15) is 0 Å². The van der Waals surface area contributed by atoms with Crippen LogP contribution in [0, 0.1) is 0 Å². The SMILES string of the molecule is CC(C)(C)c1ccc(S(=O)(=O)N2CCC[C@@H]2CO)cc1. The summed E-state index contributed by atoms with van der Waals surface area (Å²) in [5, 5.41) is 9.29. The van der Waals surface area contributed by atoms with Gasteiger partial charge in [0.15, 0.2) is 0 Å². The molecule has 1 fully saturated rings.